The summed E-state index contributed by atoms with van der Waals surface area (Å²) >= 11 is 0. The summed E-state index contributed by atoms with van der Waals surface area (Å²) in [4.78, 5) is 34.2. The summed E-state index contributed by atoms with van der Waals surface area (Å²) in [5, 5.41) is 0. The number of para-hydroxylation sites is 2. The number of halogens is 1. The van der Waals surface area contributed by atoms with Gasteiger partial charge < -0.3 is 14.4 Å². The second kappa shape index (κ2) is 9.33. The SMILES string of the molecule is O=C(CCn1c(C2CC(=O)N(c3cccc(F)c3)C2)nc2ccccc21)N1CCCCCC1. The molecule has 2 fully saturated rings. The molecule has 7 heteroatoms. The molecule has 0 spiro atoms. The maximum absolute atomic E-state index is 13.7. The molecule has 0 N–H and O–H groups in total. The van der Waals surface area contributed by atoms with Gasteiger partial charge in [0.25, 0.3) is 0 Å². The Kier molecular flexibility index (Phi) is 6.11. The zero-order chi connectivity index (χ0) is 22.8. The number of anilines is 1. The van der Waals surface area contributed by atoms with Crippen LogP contribution in [0, 0.1) is 5.82 Å². The van der Waals surface area contributed by atoms with Gasteiger partial charge in [-0.05, 0) is 43.2 Å². The van der Waals surface area contributed by atoms with Crippen molar-refractivity contribution in [2.24, 2.45) is 0 Å². The van der Waals surface area contributed by atoms with Gasteiger partial charge in [-0.2, -0.15) is 0 Å². The number of carbonyl (C=O) groups is 2. The van der Waals surface area contributed by atoms with Crippen molar-refractivity contribution in [3.63, 3.8) is 0 Å². The molecule has 0 radical (unpaired) electrons. The average molecular weight is 449 g/mol. The van der Waals surface area contributed by atoms with E-state index in [1.165, 1.54) is 25.0 Å². The molecule has 5 rings (SSSR count). The van der Waals surface area contributed by atoms with Crippen molar-refractivity contribution in [2.45, 2.75) is 51.0 Å². The number of aryl methyl sites for hydroxylation is 1. The van der Waals surface area contributed by atoms with Crippen LogP contribution in [0.25, 0.3) is 11.0 Å². The van der Waals surface area contributed by atoms with Gasteiger partial charge in [0.1, 0.15) is 11.6 Å². The Morgan fingerprint density at radius 3 is 2.61 bits per heavy atom. The van der Waals surface area contributed by atoms with Gasteiger partial charge in [-0.25, -0.2) is 9.37 Å². The van der Waals surface area contributed by atoms with E-state index in [0.29, 0.717) is 31.6 Å². The number of likely N-dealkylation sites (tertiary alicyclic amines) is 1. The van der Waals surface area contributed by atoms with E-state index in [2.05, 4.69) is 4.57 Å². The Morgan fingerprint density at radius 1 is 1.03 bits per heavy atom. The number of hydrogen-bond donors (Lipinski definition) is 0. The molecule has 1 atom stereocenters. The van der Waals surface area contributed by atoms with E-state index in [4.69, 9.17) is 4.98 Å². The van der Waals surface area contributed by atoms with Crippen LogP contribution in [0.15, 0.2) is 48.5 Å². The minimum atomic E-state index is -0.358. The van der Waals surface area contributed by atoms with Gasteiger partial charge in [0.2, 0.25) is 11.8 Å². The van der Waals surface area contributed by atoms with Crippen molar-refractivity contribution in [3.8, 4) is 0 Å². The van der Waals surface area contributed by atoms with Gasteiger partial charge in [-0.3, -0.25) is 9.59 Å². The van der Waals surface area contributed by atoms with Gasteiger partial charge in [0.15, 0.2) is 0 Å². The lowest BCUT2D eigenvalue weighted by atomic mass is 10.1. The van der Waals surface area contributed by atoms with Gasteiger partial charge in [-0.1, -0.05) is 31.0 Å². The third-order valence-electron chi connectivity index (χ3n) is 6.80. The van der Waals surface area contributed by atoms with Crippen molar-refractivity contribution in [3.05, 3.63) is 60.2 Å². The Morgan fingerprint density at radius 2 is 1.82 bits per heavy atom. The minimum Gasteiger partial charge on any atom is -0.343 e. The maximum atomic E-state index is 13.7. The Labute approximate surface area is 193 Å². The molecule has 2 aliphatic heterocycles. The lowest BCUT2D eigenvalue weighted by Crippen LogP contribution is -2.32. The molecule has 0 aliphatic carbocycles. The molecule has 33 heavy (non-hydrogen) atoms. The second-order valence-electron chi connectivity index (χ2n) is 9.04. The molecule has 0 saturated carbocycles. The lowest BCUT2D eigenvalue weighted by Gasteiger charge is -2.21. The Balaban J connectivity index is 1.39. The Bertz CT molecular complexity index is 1170. The van der Waals surface area contributed by atoms with Crippen molar-refractivity contribution in [2.75, 3.05) is 24.5 Å². The number of benzene rings is 2. The first-order chi connectivity index (χ1) is 16.1. The number of hydrogen-bond acceptors (Lipinski definition) is 3. The topological polar surface area (TPSA) is 58.4 Å². The lowest BCUT2D eigenvalue weighted by molar-refractivity contribution is -0.131. The first-order valence-electron chi connectivity index (χ1n) is 11.9. The number of fused-ring (bicyclic) bond motifs is 1. The fourth-order valence-corrected chi connectivity index (χ4v) is 5.10. The number of imidazole rings is 1. The molecule has 3 aromatic rings. The van der Waals surface area contributed by atoms with E-state index < -0.39 is 0 Å². The normalized spacial score (nSPS) is 19.3. The van der Waals surface area contributed by atoms with Crippen molar-refractivity contribution < 1.29 is 14.0 Å². The number of nitrogens with zero attached hydrogens (tertiary/aromatic N) is 4. The van der Waals surface area contributed by atoms with Crippen LogP contribution in [-0.4, -0.2) is 45.9 Å². The first-order valence-corrected chi connectivity index (χ1v) is 11.9. The monoisotopic (exact) mass is 448 g/mol. The first kappa shape index (κ1) is 21.6. The van der Waals surface area contributed by atoms with Crippen LogP contribution < -0.4 is 4.90 Å². The van der Waals surface area contributed by atoms with Crippen molar-refractivity contribution in [1.29, 1.82) is 0 Å². The molecule has 2 aromatic carbocycles. The van der Waals surface area contributed by atoms with Crippen molar-refractivity contribution in [1.82, 2.24) is 14.5 Å². The molecule has 6 nitrogen and oxygen atoms in total. The van der Waals surface area contributed by atoms with Gasteiger partial charge in [0, 0.05) is 50.6 Å². The third kappa shape index (κ3) is 4.49. The zero-order valence-electron chi connectivity index (χ0n) is 18.8. The molecular formula is C26H29FN4O2. The van der Waals surface area contributed by atoms with Gasteiger partial charge in [-0.15, -0.1) is 0 Å². The smallest absolute Gasteiger partial charge is 0.227 e. The van der Waals surface area contributed by atoms with E-state index in [0.717, 1.165) is 42.8 Å². The molecule has 2 aliphatic rings. The fourth-order valence-electron chi connectivity index (χ4n) is 5.10. The predicted octanol–water partition coefficient (Wildman–Crippen LogP) is 4.49. The number of rotatable bonds is 5. The Hall–Kier alpha value is -3.22. The van der Waals surface area contributed by atoms with E-state index in [1.54, 1.807) is 17.0 Å². The largest absolute Gasteiger partial charge is 0.343 e. The fraction of sp³-hybridized carbons (Fsp3) is 0.423. The predicted molar refractivity (Wildman–Crippen MR) is 126 cm³/mol. The van der Waals surface area contributed by atoms with Crippen LogP contribution in [0.2, 0.25) is 0 Å². The van der Waals surface area contributed by atoms with Crippen LogP contribution in [0.4, 0.5) is 10.1 Å². The molecule has 1 aromatic heterocycles. The summed E-state index contributed by atoms with van der Waals surface area (Å²) in [5.41, 5.74) is 2.42. The van der Waals surface area contributed by atoms with E-state index in [-0.39, 0.29) is 23.5 Å². The maximum Gasteiger partial charge on any atom is 0.227 e. The quantitative estimate of drug-likeness (QED) is 0.578. The number of carbonyl (C=O) groups excluding carboxylic acids is 2. The van der Waals surface area contributed by atoms with Crippen LogP contribution in [-0.2, 0) is 16.1 Å². The van der Waals surface area contributed by atoms with Crippen LogP contribution in [0.5, 0.6) is 0 Å². The molecule has 172 valence electrons. The highest BCUT2D eigenvalue weighted by Crippen LogP contribution is 2.33. The average Bonchev–Trinajstić information content (AvgIpc) is 3.25. The van der Waals surface area contributed by atoms with E-state index in [1.807, 2.05) is 29.2 Å². The van der Waals surface area contributed by atoms with E-state index >= 15 is 0 Å². The summed E-state index contributed by atoms with van der Waals surface area (Å²) in [5.74, 6) is 0.506. The molecule has 0 bridgehead atoms. The highest BCUT2D eigenvalue weighted by atomic mass is 19.1. The molecular weight excluding hydrogens is 419 g/mol. The summed E-state index contributed by atoms with van der Waals surface area (Å²) in [6.07, 6.45) is 5.27. The van der Waals surface area contributed by atoms with Crippen molar-refractivity contribution >= 4 is 28.5 Å². The highest BCUT2D eigenvalue weighted by molar-refractivity contribution is 5.96. The van der Waals surface area contributed by atoms with E-state index in [9.17, 15) is 14.0 Å². The third-order valence-corrected chi connectivity index (χ3v) is 6.80. The number of amides is 2. The second-order valence-corrected chi connectivity index (χ2v) is 9.04. The molecule has 2 saturated heterocycles. The molecule has 3 heterocycles. The standard InChI is InChI=1S/C26H29FN4O2/c27-20-8-7-9-21(17-20)31-18-19(16-25(31)33)26-28-22-10-3-4-11-23(22)30(26)15-12-24(32)29-13-5-1-2-6-14-29/h3-4,7-11,17,19H,1-2,5-6,12-16,18H2. The van der Waals surface area contributed by atoms with Crippen LogP contribution in [0.1, 0.15) is 50.3 Å². The summed E-state index contributed by atoms with van der Waals surface area (Å²) in [6.45, 7) is 2.67. The van der Waals surface area contributed by atoms with Crippen LogP contribution >= 0.6 is 0 Å². The highest BCUT2D eigenvalue weighted by Gasteiger charge is 2.35. The minimum absolute atomic E-state index is 0.0372. The molecule has 2 amide bonds. The number of aromatic nitrogens is 2. The summed E-state index contributed by atoms with van der Waals surface area (Å²) in [6, 6.07) is 14.0. The summed E-state index contributed by atoms with van der Waals surface area (Å²) < 4.78 is 15.8. The van der Waals surface area contributed by atoms with Gasteiger partial charge in [0.05, 0.1) is 11.0 Å². The summed E-state index contributed by atoms with van der Waals surface area (Å²) in [7, 11) is 0. The zero-order valence-corrected chi connectivity index (χ0v) is 18.8. The van der Waals surface area contributed by atoms with Gasteiger partial charge >= 0.3 is 0 Å². The van der Waals surface area contributed by atoms with Crippen LogP contribution in [0.3, 0.4) is 0 Å². The molecule has 1 unspecified atom stereocenters.